The van der Waals surface area contributed by atoms with Gasteiger partial charge < -0.3 is 49.8 Å². The second-order valence-corrected chi connectivity index (χ2v) is 19.3. The molecule has 1 saturated heterocycles. The van der Waals surface area contributed by atoms with Crippen LogP contribution in [0.25, 0.3) is 44.3 Å². The first-order chi connectivity index (χ1) is 38.5. The first kappa shape index (κ1) is 59.7. The van der Waals surface area contributed by atoms with Gasteiger partial charge in [-0.1, -0.05) is 48.3 Å². The zero-order valence-corrected chi connectivity index (χ0v) is 47.1. The van der Waals surface area contributed by atoms with E-state index in [9.17, 15) is 23.5 Å². The molecule has 19 nitrogen and oxygen atoms in total. The van der Waals surface area contributed by atoms with Gasteiger partial charge in [0.15, 0.2) is 23.1 Å². The van der Waals surface area contributed by atoms with Crippen molar-refractivity contribution in [1.82, 2.24) is 49.5 Å². The molecule has 1 aliphatic heterocycles. The molecule has 1 fully saturated rings. The number of carbonyl (C=O) groups is 2. The number of nitrogens with zero attached hydrogens (tertiary/aromatic N) is 10. The smallest absolute Gasteiger partial charge is 0.337 e. The highest BCUT2D eigenvalue weighted by atomic mass is 35.5. The molecule has 4 aromatic heterocycles. The maximum atomic E-state index is 14.7. The topological polar surface area (TPSA) is 220 Å². The van der Waals surface area contributed by atoms with Crippen molar-refractivity contribution in [3.05, 3.63) is 142 Å². The highest BCUT2D eigenvalue weighted by molar-refractivity contribution is 6.41. The molecule has 0 bridgehead atoms. The number of carboxylic acid groups (broad SMARTS) is 1. The zero-order valence-electron chi connectivity index (χ0n) is 45.6. The number of ether oxygens (including phenoxy) is 4. The van der Waals surface area contributed by atoms with Crippen molar-refractivity contribution >= 4 is 68.7 Å². The summed E-state index contributed by atoms with van der Waals surface area (Å²) in [4.78, 5) is 59.7. The average molecular weight is 1140 g/mol. The molecule has 0 atom stereocenters. The maximum absolute atomic E-state index is 14.7. The van der Waals surface area contributed by atoms with Crippen LogP contribution in [0.2, 0.25) is 10.0 Å². The van der Waals surface area contributed by atoms with E-state index in [0.29, 0.717) is 55.1 Å². The van der Waals surface area contributed by atoms with Crippen molar-refractivity contribution < 1.29 is 42.4 Å². The van der Waals surface area contributed by atoms with E-state index >= 15 is 0 Å². The van der Waals surface area contributed by atoms with Gasteiger partial charge in [-0.05, 0) is 63.6 Å². The van der Waals surface area contributed by atoms with Gasteiger partial charge in [0.25, 0.3) is 5.91 Å². The number of aromatic carboxylic acids is 1. The third kappa shape index (κ3) is 14.3. The summed E-state index contributed by atoms with van der Waals surface area (Å²) < 4.78 is 50.2. The highest BCUT2D eigenvalue weighted by Crippen LogP contribution is 2.47. The maximum Gasteiger partial charge on any atom is 0.337 e. The van der Waals surface area contributed by atoms with Crippen LogP contribution in [0.1, 0.15) is 38.9 Å². The number of carboxylic acids is 1. The van der Waals surface area contributed by atoms with E-state index in [0.717, 1.165) is 68.8 Å². The molecule has 9 rings (SSSR count). The second-order valence-electron chi connectivity index (χ2n) is 18.5. The molecule has 1 aliphatic rings. The quantitative estimate of drug-likeness (QED) is 0.0773. The molecule has 0 radical (unpaired) electrons. The number of anilines is 2. The van der Waals surface area contributed by atoms with Crippen LogP contribution in [-0.2, 0) is 13.1 Å². The Kier molecular flexibility index (Phi) is 20.8. The van der Waals surface area contributed by atoms with Gasteiger partial charge in [-0.2, -0.15) is 0 Å². The van der Waals surface area contributed by atoms with Gasteiger partial charge in [-0.3, -0.25) is 34.6 Å². The first-order valence-corrected chi connectivity index (χ1v) is 25.9. The number of carbonyl (C=O) groups excluding carboxylic acids is 1. The molecular weight excluding hydrogens is 1070 g/mol. The number of pyridine rings is 2. The lowest BCUT2D eigenvalue weighted by molar-refractivity contribution is 0.0698. The number of nitrogens with two attached hydrogens (primary N) is 1. The molecule has 4 N–H and O–H groups in total. The van der Waals surface area contributed by atoms with Crippen molar-refractivity contribution in [3.8, 4) is 45.3 Å². The summed E-state index contributed by atoms with van der Waals surface area (Å²) in [5, 5.41) is 12.7. The van der Waals surface area contributed by atoms with Crippen LogP contribution in [0.15, 0.2) is 97.8 Å². The lowest BCUT2D eigenvalue weighted by Crippen LogP contribution is -2.45. The minimum Gasteiger partial charge on any atom is -0.495 e. The standard InChI is InChI=1S/C28H30Cl2N6O3.C17H12F2N2O4.C12H20N4/c1-35(2)12-13-36(3)16-17-6-9-22(33-15-17)34-28(37)19-8-7-18(26-27(19)32-11-10-31-26)23-24(29)20(38-4)14-21(39-5)25(23)30;1-24-10-7-11(25-2)14(19)12(13(10)18)8-3-4-9(17(22)23)16-15(8)20-5-6-21-16;1-2-15-5-7-16(8-6-15)10-12-4-3-11(13)9-14-12/h6-11,14-15H,12-13,16H2,1-5H3,(H,33,34,37);3-7H,1-2H3,(H,22,23);3-4,9H,2,5-8,10,13H2,1H3. The zero-order chi connectivity index (χ0) is 57.6. The molecule has 0 saturated carbocycles. The molecule has 23 heteroatoms. The Labute approximate surface area is 472 Å². The van der Waals surface area contributed by atoms with Gasteiger partial charge in [-0.25, -0.2) is 18.6 Å². The van der Waals surface area contributed by atoms with Gasteiger partial charge in [0.2, 0.25) is 0 Å². The number of hydrogen-bond donors (Lipinski definition) is 3. The minimum atomic E-state index is -1.22. The fourth-order valence-electron chi connectivity index (χ4n) is 8.68. The summed E-state index contributed by atoms with van der Waals surface area (Å²) >= 11 is 13.3. The summed E-state index contributed by atoms with van der Waals surface area (Å²) in [6, 6.07) is 16.3. The first-order valence-electron chi connectivity index (χ1n) is 25.2. The number of hydrogen-bond acceptors (Lipinski definition) is 17. The predicted molar refractivity (Wildman–Crippen MR) is 306 cm³/mol. The Hall–Kier alpha value is -7.92. The number of piperazine rings is 1. The van der Waals surface area contributed by atoms with E-state index in [4.69, 9.17) is 47.9 Å². The van der Waals surface area contributed by atoms with Crippen LogP contribution in [0.4, 0.5) is 20.3 Å². The summed E-state index contributed by atoms with van der Waals surface area (Å²) in [6.07, 6.45) is 9.18. The molecule has 4 aromatic carbocycles. The lowest BCUT2D eigenvalue weighted by Gasteiger charge is -2.33. The number of aromatic nitrogens is 6. The van der Waals surface area contributed by atoms with Crippen LogP contribution < -0.4 is 30.0 Å². The third-order valence-electron chi connectivity index (χ3n) is 13.0. The highest BCUT2D eigenvalue weighted by Gasteiger charge is 2.26. The van der Waals surface area contributed by atoms with Gasteiger partial charge in [0.1, 0.15) is 28.4 Å². The van der Waals surface area contributed by atoms with Crippen LogP contribution in [0.3, 0.4) is 0 Å². The van der Waals surface area contributed by atoms with Gasteiger partial charge >= 0.3 is 5.97 Å². The van der Waals surface area contributed by atoms with E-state index in [1.165, 1.54) is 72.3 Å². The monoisotopic (exact) mass is 1130 g/mol. The molecular formula is C57H62Cl2F2N12O7. The molecule has 80 heavy (non-hydrogen) atoms. The minimum absolute atomic E-state index is 0.0214. The molecule has 0 unspecified atom stereocenters. The number of amides is 1. The number of rotatable bonds is 17. The van der Waals surface area contributed by atoms with E-state index in [-0.39, 0.29) is 39.6 Å². The Balaban J connectivity index is 0.000000191. The molecule has 0 spiro atoms. The summed E-state index contributed by atoms with van der Waals surface area (Å²) in [7, 11) is 11.7. The predicted octanol–water partition coefficient (Wildman–Crippen LogP) is 9.35. The molecule has 0 aliphatic carbocycles. The van der Waals surface area contributed by atoms with Crippen molar-refractivity contribution in [2.45, 2.75) is 20.0 Å². The SMILES string of the molecule is CCN1CCN(Cc2ccc(N)cn2)CC1.COc1cc(OC)c(Cl)c(-c2ccc(C(=O)Nc3ccc(CN(C)CCN(C)C)cn3)c3nccnc23)c1Cl.COc1cc(OC)c(F)c(-c2ccc(C(=O)O)c3nccnc23)c1F. The number of likely N-dealkylation sites (N-methyl/N-ethyl adjacent to an activating group) is 3. The lowest BCUT2D eigenvalue weighted by atomic mass is 9.99. The van der Waals surface area contributed by atoms with Crippen molar-refractivity contribution in [2.24, 2.45) is 0 Å². The fraction of sp³-hybridized carbons (Fsp3) is 0.298. The van der Waals surface area contributed by atoms with Crippen molar-refractivity contribution in [3.63, 3.8) is 0 Å². The van der Waals surface area contributed by atoms with Crippen LogP contribution >= 0.6 is 23.2 Å². The Morgan fingerprint density at radius 3 is 1.68 bits per heavy atom. The third-order valence-corrected chi connectivity index (χ3v) is 13.8. The number of benzene rings is 4. The summed E-state index contributed by atoms with van der Waals surface area (Å²) in [5.74, 6) is -2.69. The van der Waals surface area contributed by atoms with E-state index in [1.807, 2.05) is 18.2 Å². The van der Waals surface area contributed by atoms with Gasteiger partial charge in [0, 0.05) is 112 Å². The largest absolute Gasteiger partial charge is 0.495 e. The number of halogens is 4. The van der Waals surface area contributed by atoms with Crippen molar-refractivity contribution in [1.29, 1.82) is 0 Å². The summed E-state index contributed by atoms with van der Waals surface area (Å²) in [6.45, 7) is 11.6. The molecule has 8 aromatic rings. The number of nitrogens with one attached hydrogen (secondary N) is 1. The van der Waals surface area contributed by atoms with E-state index < -0.39 is 23.2 Å². The number of fused-ring (bicyclic) bond motifs is 2. The fourth-order valence-corrected chi connectivity index (χ4v) is 9.38. The second kappa shape index (κ2) is 27.8. The van der Waals surface area contributed by atoms with Gasteiger partial charge in [-0.15, -0.1) is 0 Å². The van der Waals surface area contributed by atoms with E-state index in [2.05, 4.69) is 82.9 Å². The summed E-state index contributed by atoms with van der Waals surface area (Å²) in [5.41, 5.74) is 10.3. The average Bonchev–Trinajstić information content (AvgIpc) is 3.49. The normalized spacial score (nSPS) is 12.6. The number of methoxy groups -OCH3 is 4. The van der Waals surface area contributed by atoms with Crippen LogP contribution in [0.5, 0.6) is 23.0 Å². The Morgan fingerprint density at radius 2 is 1.18 bits per heavy atom. The van der Waals surface area contributed by atoms with Crippen LogP contribution in [0, 0.1) is 11.6 Å². The number of nitrogen functional groups attached to an aromatic ring is 1. The van der Waals surface area contributed by atoms with E-state index in [1.54, 1.807) is 42.9 Å². The Bertz CT molecular complexity index is 3390. The van der Waals surface area contributed by atoms with Crippen molar-refractivity contribution in [2.75, 3.05) is 106 Å². The molecule has 5 heterocycles. The Morgan fingerprint density at radius 1 is 0.650 bits per heavy atom. The molecule has 1 amide bonds. The van der Waals surface area contributed by atoms with Gasteiger partial charge in [0.05, 0.1) is 83.8 Å². The van der Waals surface area contributed by atoms with Crippen LogP contribution in [-0.4, -0.2) is 162 Å². The molecule has 420 valence electrons.